The molecule has 0 aliphatic rings. The largest absolute Gasteiger partial charge is 0.497 e. The lowest BCUT2D eigenvalue weighted by atomic mass is 10.2. The number of halogens is 3. The molecule has 0 saturated heterocycles. The number of alkyl halides is 3. The second-order valence-electron chi connectivity index (χ2n) is 3.79. The molecule has 0 heterocycles. The molecule has 0 aromatic heterocycles. The SMILES string of the molecule is CCOC(=O)/C=C(\C#Cc1ccc(OC)cc1)C(F)(F)F. The van der Waals surface area contributed by atoms with Gasteiger partial charge in [-0.2, -0.15) is 13.2 Å². The summed E-state index contributed by atoms with van der Waals surface area (Å²) in [5.41, 5.74) is -0.883. The van der Waals surface area contributed by atoms with E-state index < -0.39 is 17.7 Å². The van der Waals surface area contributed by atoms with Crippen LogP contribution in [0.5, 0.6) is 5.75 Å². The van der Waals surface area contributed by atoms with Crippen molar-refractivity contribution in [3.63, 3.8) is 0 Å². The second kappa shape index (κ2) is 7.39. The van der Waals surface area contributed by atoms with Gasteiger partial charge in [-0.05, 0) is 31.2 Å². The predicted molar refractivity (Wildman–Crippen MR) is 70.6 cm³/mol. The van der Waals surface area contributed by atoms with Gasteiger partial charge in [0.25, 0.3) is 0 Å². The van der Waals surface area contributed by atoms with Gasteiger partial charge >= 0.3 is 12.1 Å². The molecule has 0 spiro atoms. The van der Waals surface area contributed by atoms with E-state index in [0.29, 0.717) is 17.4 Å². The molecule has 0 aliphatic carbocycles. The number of ether oxygens (including phenoxy) is 2. The fourth-order valence-corrected chi connectivity index (χ4v) is 1.30. The predicted octanol–water partition coefficient (Wildman–Crippen LogP) is 3.10. The summed E-state index contributed by atoms with van der Waals surface area (Å²) in [4.78, 5) is 11.1. The van der Waals surface area contributed by atoms with E-state index in [4.69, 9.17) is 4.74 Å². The zero-order valence-electron chi connectivity index (χ0n) is 11.5. The monoisotopic (exact) mass is 298 g/mol. The summed E-state index contributed by atoms with van der Waals surface area (Å²) in [7, 11) is 1.48. The highest BCUT2D eigenvalue weighted by molar-refractivity contribution is 5.84. The van der Waals surface area contributed by atoms with Crippen molar-refractivity contribution in [3.05, 3.63) is 41.5 Å². The number of benzene rings is 1. The highest BCUT2D eigenvalue weighted by Gasteiger charge is 2.33. The van der Waals surface area contributed by atoms with Gasteiger partial charge in [-0.3, -0.25) is 0 Å². The molecule has 21 heavy (non-hydrogen) atoms. The first-order valence-electron chi connectivity index (χ1n) is 5.98. The van der Waals surface area contributed by atoms with E-state index in [1.165, 1.54) is 26.2 Å². The third-order valence-corrected chi connectivity index (χ3v) is 2.29. The van der Waals surface area contributed by atoms with E-state index in [-0.39, 0.29) is 6.61 Å². The van der Waals surface area contributed by atoms with Gasteiger partial charge in [0.2, 0.25) is 0 Å². The topological polar surface area (TPSA) is 35.5 Å². The third-order valence-electron chi connectivity index (χ3n) is 2.29. The molecule has 0 unspecified atom stereocenters. The van der Waals surface area contributed by atoms with Gasteiger partial charge in [0.1, 0.15) is 11.3 Å². The Kier molecular flexibility index (Phi) is 5.85. The Labute approximate surface area is 120 Å². The van der Waals surface area contributed by atoms with Gasteiger partial charge in [0.05, 0.1) is 13.7 Å². The number of hydrogen-bond acceptors (Lipinski definition) is 3. The summed E-state index contributed by atoms with van der Waals surface area (Å²) in [6.45, 7) is 1.49. The lowest BCUT2D eigenvalue weighted by Gasteiger charge is -2.05. The lowest BCUT2D eigenvalue weighted by Crippen LogP contribution is -2.13. The van der Waals surface area contributed by atoms with Gasteiger partial charge < -0.3 is 9.47 Å². The molecule has 1 aromatic rings. The van der Waals surface area contributed by atoms with Crippen LogP contribution < -0.4 is 4.74 Å². The van der Waals surface area contributed by atoms with Crippen LogP contribution in [-0.2, 0) is 9.53 Å². The van der Waals surface area contributed by atoms with Crippen molar-refractivity contribution >= 4 is 5.97 Å². The summed E-state index contributed by atoms with van der Waals surface area (Å²) in [5.74, 6) is 3.79. The molecule has 0 saturated carbocycles. The molecular formula is C15H13F3O3. The molecule has 112 valence electrons. The summed E-state index contributed by atoms with van der Waals surface area (Å²) in [6, 6.07) is 6.19. The summed E-state index contributed by atoms with van der Waals surface area (Å²) >= 11 is 0. The number of methoxy groups -OCH3 is 1. The fourth-order valence-electron chi connectivity index (χ4n) is 1.30. The van der Waals surface area contributed by atoms with Gasteiger partial charge in [-0.25, -0.2) is 4.79 Å². The van der Waals surface area contributed by atoms with E-state index >= 15 is 0 Å². The van der Waals surface area contributed by atoms with Crippen molar-refractivity contribution in [2.24, 2.45) is 0 Å². The Balaban J connectivity index is 3.02. The van der Waals surface area contributed by atoms with E-state index in [0.717, 1.165) is 0 Å². The van der Waals surface area contributed by atoms with Crippen molar-refractivity contribution in [3.8, 4) is 17.6 Å². The molecule has 1 rings (SSSR count). The lowest BCUT2D eigenvalue weighted by molar-refractivity contribution is -0.138. The number of allylic oxidation sites excluding steroid dienone is 1. The Bertz CT molecular complexity index is 575. The quantitative estimate of drug-likeness (QED) is 0.489. The zero-order valence-corrected chi connectivity index (χ0v) is 11.5. The van der Waals surface area contributed by atoms with Crippen molar-refractivity contribution in [2.45, 2.75) is 13.1 Å². The molecule has 0 N–H and O–H groups in total. The number of rotatable bonds is 3. The highest BCUT2D eigenvalue weighted by atomic mass is 19.4. The third kappa shape index (κ3) is 5.61. The molecule has 0 aliphatic heterocycles. The minimum atomic E-state index is -4.72. The number of esters is 1. The molecule has 0 atom stereocenters. The van der Waals surface area contributed by atoms with Gasteiger partial charge in [0, 0.05) is 11.6 Å². The Morgan fingerprint density at radius 2 is 1.90 bits per heavy atom. The van der Waals surface area contributed by atoms with Gasteiger partial charge in [0.15, 0.2) is 0 Å². The number of carbonyl (C=O) groups is 1. The average molecular weight is 298 g/mol. The van der Waals surface area contributed by atoms with Crippen LogP contribution in [0.15, 0.2) is 35.9 Å². The van der Waals surface area contributed by atoms with Crippen molar-refractivity contribution < 1.29 is 27.4 Å². The number of carbonyl (C=O) groups excluding carboxylic acids is 1. The van der Waals surface area contributed by atoms with E-state index in [1.54, 1.807) is 12.1 Å². The summed E-state index contributed by atoms with van der Waals surface area (Å²) < 4.78 is 47.6. The molecule has 0 fully saturated rings. The van der Waals surface area contributed by atoms with Gasteiger partial charge in [-0.1, -0.05) is 11.8 Å². The van der Waals surface area contributed by atoms with Crippen LogP contribution in [0.25, 0.3) is 0 Å². The molecular weight excluding hydrogens is 285 g/mol. The maximum atomic E-state index is 12.7. The van der Waals surface area contributed by atoms with Crippen molar-refractivity contribution in [2.75, 3.05) is 13.7 Å². The second-order valence-corrected chi connectivity index (χ2v) is 3.79. The van der Waals surface area contributed by atoms with Crippen molar-refractivity contribution in [1.82, 2.24) is 0 Å². The molecule has 0 radical (unpaired) electrons. The first-order chi connectivity index (χ1) is 9.86. The normalized spacial score (nSPS) is 11.4. The van der Waals surface area contributed by atoms with Crippen LogP contribution in [0.4, 0.5) is 13.2 Å². The van der Waals surface area contributed by atoms with E-state index in [9.17, 15) is 18.0 Å². The first kappa shape index (κ1) is 16.6. The van der Waals surface area contributed by atoms with Crippen LogP contribution in [0.3, 0.4) is 0 Å². The zero-order chi connectivity index (χ0) is 15.9. The fraction of sp³-hybridized carbons (Fsp3) is 0.267. The van der Waals surface area contributed by atoms with Gasteiger partial charge in [-0.15, -0.1) is 0 Å². The molecule has 1 aromatic carbocycles. The van der Waals surface area contributed by atoms with E-state index in [1.807, 2.05) is 5.92 Å². The standard InChI is InChI=1S/C15H13F3O3/c1-3-21-14(19)10-12(15(16,17)18)7-4-11-5-8-13(20-2)9-6-11/h5-6,8-10H,3H2,1-2H3/b12-10+. The molecule has 3 nitrogen and oxygen atoms in total. The van der Waals surface area contributed by atoms with Crippen LogP contribution >= 0.6 is 0 Å². The minimum Gasteiger partial charge on any atom is -0.497 e. The van der Waals surface area contributed by atoms with Crippen molar-refractivity contribution in [1.29, 1.82) is 0 Å². The molecule has 6 heteroatoms. The van der Waals surface area contributed by atoms with Crippen LogP contribution in [-0.4, -0.2) is 25.9 Å². The molecule has 0 bridgehead atoms. The average Bonchev–Trinajstić information content (AvgIpc) is 2.43. The Morgan fingerprint density at radius 1 is 1.29 bits per heavy atom. The Hall–Kier alpha value is -2.42. The maximum Gasteiger partial charge on any atom is 0.424 e. The minimum absolute atomic E-state index is 0.00756. The summed E-state index contributed by atoms with van der Waals surface area (Å²) in [5, 5.41) is 0. The first-order valence-corrected chi connectivity index (χ1v) is 5.98. The molecule has 0 amide bonds. The summed E-state index contributed by atoms with van der Waals surface area (Å²) in [6.07, 6.45) is -4.37. The van der Waals surface area contributed by atoms with E-state index in [2.05, 4.69) is 10.7 Å². The smallest absolute Gasteiger partial charge is 0.424 e. The number of hydrogen-bond donors (Lipinski definition) is 0. The maximum absolute atomic E-state index is 12.7. The Morgan fingerprint density at radius 3 is 2.38 bits per heavy atom. The highest BCUT2D eigenvalue weighted by Crippen LogP contribution is 2.25. The van der Waals surface area contributed by atoms with Crippen LogP contribution in [0.2, 0.25) is 0 Å². The van der Waals surface area contributed by atoms with Crippen LogP contribution in [0, 0.1) is 11.8 Å². The van der Waals surface area contributed by atoms with Crippen LogP contribution in [0.1, 0.15) is 12.5 Å².